The molecule has 0 bridgehead atoms. The van der Waals surface area contributed by atoms with E-state index in [-0.39, 0.29) is 6.09 Å². The number of amides is 1. The summed E-state index contributed by atoms with van der Waals surface area (Å²) in [6, 6.07) is 8.37. The SMILES string of the molecule is C[CH2][Al]([CH2]C)[c]1ccc(N(C)C(=O)OC(C)(C)C)cc1. The van der Waals surface area contributed by atoms with Gasteiger partial charge in [0.1, 0.15) is 5.60 Å². The van der Waals surface area contributed by atoms with E-state index in [0.717, 1.165) is 5.69 Å². The van der Waals surface area contributed by atoms with Crippen LogP contribution in [0.1, 0.15) is 34.6 Å². The topological polar surface area (TPSA) is 29.5 Å². The number of ether oxygens (including phenoxy) is 1. The molecule has 3 nitrogen and oxygen atoms in total. The van der Waals surface area contributed by atoms with Gasteiger partial charge in [0.15, 0.2) is 0 Å². The molecule has 0 saturated heterocycles. The number of benzene rings is 1. The maximum Gasteiger partial charge on any atom is 0.414 e. The van der Waals surface area contributed by atoms with E-state index in [2.05, 4.69) is 26.0 Å². The van der Waals surface area contributed by atoms with Gasteiger partial charge in [0.05, 0.1) is 0 Å². The lowest BCUT2D eigenvalue weighted by Crippen LogP contribution is -2.34. The van der Waals surface area contributed by atoms with E-state index in [9.17, 15) is 4.79 Å². The lowest BCUT2D eigenvalue weighted by molar-refractivity contribution is 0.0589. The minimum Gasteiger partial charge on any atom is -0.443 e. The van der Waals surface area contributed by atoms with Gasteiger partial charge in [-0.3, -0.25) is 4.90 Å². The van der Waals surface area contributed by atoms with E-state index in [1.54, 1.807) is 11.9 Å². The summed E-state index contributed by atoms with van der Waals surface area (Å²) in [5.41, 5.74) is 0.413. The van der Waals surface area contributed by atoms with Crippen LogP contribution in [0, 0.1) is 0 Å². The highest BCUT2D eigenvalue weighted by atomic mass is 27.2. The van der Waals surface area contributed by atoms with Gasteiger partial charge in [-0.2, -0.15) is 0 Å². The highest BCUT2D eigenvalue weighted by Gasteiger charge is 2.21. The van der Waals surface area contributed by atoms with Crippen molar-refractivity contribution in [1.82, 2.24) is 0 Å². The van der Waals surface area contributed by atoms with Gasteiger partial charge in [-0.25, -0.2) is 4.79 Å². The largest absolute Gasteiger partial charge is 0.443 e. The van der Waals surface area contributed by atoms with E-state index in [1.807, 2.05) is 32.9 Å². The first kappa shape index (κ1) is 17.1. The van der Waals surface area contributed by atoms with Gasteiger partial charge < -0.3 is 4.74 Å². The third-order valence-electron chi connectivity index (χ3n) is 3.40. The number of anilines is 1. The Labute approximate surface area is 127 Å². The smallest absolute Gasteiger partial charge is 0.414 e. The predicted octanol–water partition coefficient (Wildman–Crippen LogP) is 3.80. The van der Waals surface area contributed by atoms with Crippen LogP contribution >= 0.6 is 0 Å². The second-order valence-electron chi connectivity index (χ2n) is 6.14. The Morgan fingerprint density at radius 1 is 1.15 bits per heavy atom. The monoisotopic (exact) mass is 291 g/mol. The number of hydrogen-bond acceptors (Lipinski definition) is 2. The van der Waals surface area contributed by atoms with Crippen LogP contribution in [-0.4, -0.2) is 32.9 Å². The fourth-order valence-electron chi connectivity index (χ4n) is 2.17. The van der Waals surface area contributed by atoms with Gasteiger partial charge in [-0.1, -0.05) is 36.5 Å². The summed E-state index contributed by atoms with van der Waals surface area (Å²) in [4.78, 5) is 13.6. The molecule has 0 aliphatic heterocycles. The Morgan fingerprint density at radius 3 is 2.05 bits per heavy atom. The molecular formula is C16H26AlNO2. The first-order chi connectivity index (χ1) is 9.28. The van der Waals surface area contributed by atoms with Crippen molar-refractivity contribution in [2.75, 3.05) is 11.9 Å². The van der Waals surface area contributed by atoms with Crippen molar-refractivity contribution >= 4 is 30.4 Å². The third-order valence-corrected chi connectivity index (χ3v) is 6.70. The Bertz CT molecular complexity index is 433. The van der Waals surface area contributed by atoms with Crippen LogP contribution in [0.5, 0.6) is 0 Å². The molecule has 0 atom stereocenters. The molecule has 0 unspecified atom stereocenters. The molecule has 0 spiro atoms. The average molecular weight is 291 g/mol. The van der Waals surface area contributed by atoms with Gasteiger partial charge in [0, 0.05) is 12.7 Å². The summed E-state index contributed by atoms with van der Waals surface area (Å²) in [5, 5.41) is 2.55. The van der Waals surface area contributed by atoms with Gasteiger partial charge >= 0.3 is 20.2 Å². The van der Waals surface area contributed by atoms with Crippen molar-refractivity contribution in [3.63, 3.8) is 0 Å². The molecular weight excluding hydrogens is 265 g/mol. The fourth-order valence-corrected chi connectivity index (χ4v) is 4.42. The van der Waals surface area contributed by atoms with E-state index >= 15 is 0 Å². The molecule has 0 N–H and O–H groups in total. The summed E-state index contributed by atoms with van der Waals surface area (Å²) in [5.74, 6) is 0. The molecule has 0 aliphatic rings. The molecule has 0 fully saturated rings. The molecule has 1 rings (SSSR count). The number of nitrogens with zero attached hydrogens (tertiary/aromatic N) is 1. The second kappa shape index (κ2) is 7.15. The van der Waals surface area contributed by atoms with Gasteiger partial charge in [0.2, 0.25) is 0 Å². The van der Waals surface area contributed by atoms with E-state index in [4.69, 9.17) is 4.74 Å². The van der Waals surface area contributed by atoms with Crippen LogP contribution in [0.2, 0.25) is 10.6 Å². The van der Waals surface area contributed by atoms with Gasteiger partial charge in [0.25, 0.3) is 0 Å². The molecule has 4 heteroatoms. The molecule has 110 valence electrons. The summed E-state index contributed by atoms with van der Waals surface area (Å²) in [7, 11) is 1.75. The van der Waals surface area contributed by atoms with Crippen LogP contribution in [0.15, 0.2) is 24.3 Å². The lowest BCUT2D eigenvalue weighted by Gasteiger charge is -2.25. The summed E-state index contributed by atoms with van der Waals surface area (Å²) >= 11 is -0.796. The van der Waals surface area contributed by atoms with Gasteiger partial charge in [-0.15, -0.1) is 4.43 Å². The zero-order chi connectivity index (χ0) is 15.3. The lowest BCUT2D eigenvalue weighted by atomic mass is 10.2. The maximum absolute atomic E-state index is 12.0. The minimum atomic E-state index is -0.796. The Balaban J connectivity index is 2.80. The molecule has 0 aliphatic carbocycles. The minimum absolute atomic E-state index is 0.315. The van der Waals surface area contributed by atoms with E-state index in [0.29, 0.717) is 0 Å². The standard InChI is InChI=1S/C12H16NO2.2C2H5.Al/c1-12(2,3)15-11(14)13(4)10-8-6-5-7-9-10;2*1-2;/h6-9H,1-4H3;2*1H2,2H3;. The van der Waals surface area contributed by atoms with E-state index < -0.39 is 19.7 Å². The molecule has 1 aromatic rings. The zero-order valence-electron chi connectivity index (χ0n) is 13.6. The zero-order valence-corrected chi connectivity index (χ0v) is 14.7. The quantitative estimate of drug-likeness (QED) is 0.790. The Hall–Kier alpha value is -0.978. The average Bonchev–Trinajstić information content (AvgIpc) is 2.38. The van der Waals surface area contributed by atoms with Crippen LogP contribution in [0.4, 0.5) is 10.5 Å². The molecule has 0 radical (unpaired) electrons. The Kier molecular flexibility index (Phi) is 6.11. The molecule has 1 amide bonds. The molecule has 1 aromatic carbocycles. The number of rotatable bonds is 4. The number of hydrogen-bond donors (Lipinski definition) is 0. The molecule has 20 heavy (non-hydrogen) atoms. The van der Waals surface area contributed by atoms with Crippen molar-refractivity contribution < 1.29 is 9.53 Å². The van der Waals surface area contributed by atoms with E-state index in [1.165, 1.54) is 15.0 Å². The predicted molar refractivity (Wildman–Crippen MR) is 87.4 cm³/mol. The van der Waals surface area contributed by atoms with Crippen LogP contribution in [-0.2, 0) is 4.74 Å². The van der Waals surface area contributed by atoms with Gasteiger partial charge in [-0.05, 0) is 32.9 Å². The molecule has 0 aromatic heterocycles. The van der Waals surface area contributed by atoms with Crippen molar-refractivity contribution in [2.24, 2.45) is 0 Å². The highest BCUT2D eigenvalue weighted by Crippen LogP contribution is 2.16. The fraction of sp³-hybridized carbons (Fsp3) is 0.562. The van der Waals surface area contributed by atoms with Crippen LogP contribution < -0.4 is 9.33 Å². The van der Waals surface area contributed by atoms with Crippen molar-refractivity contribution in [2.45, 2.75) is 50.8 Å². The van der Waals surface area contributed by atoms with Crippen LogP contribution in [0.3, 0.4) is 0 Å². The highest BCUT2D eigenvalue weighted by molar-refractivity contribution is 6.73. The van der Waals surface area contributed by atoms with Crippen molar-refractivity contribution in [3.8, 4) is 0 Å². The summed E-state index contributed by atoms with van der Waals surface area (Å²) in [6.45, 7) is 10.2. The summed E-state index contributed by atoms with van der Waals surface area (Å²) in [6.07, 6.45) is -0.315. The number of carbonyl (C=O) groups excluding carboxylic acids is 1. The maximum atomic E-state index is 12.0. The van der Waals surface area contributed by atoms with Crippen molar-refractivity contribution in [1.29, 1.82) is 0 Å². The Morgan fingerprint density at radius 2 is 1.65 bits per heavy atom. The number of carbonyl (C=O) groups is 1. The summed E-state index contributed by atoms with van der Waals surface area (Å²) < 4.78 is 6.84. The first-order valence-electron chi connectivity index (χ1n) is 7.35. The van der Waals surface area contributed by atoms with Crippen molar-refractivity contribution in [3.05, 3.63) is 24.3 Å². The second-order valence-corrected chi connectivity index (χ2v) is 9.84. The first-order valence-corrected chi connectivity index (χ1v) is 9.56. The van der Waals surface area contributed by atoms with Crippen LogP contribution in [0.25, 0.3) is 0 Å². The molecule has 0 heterocycles. The third kappa shape index (κ3) is 4.85. The molecule has 0 saturated carbocycles. The normalized spacial score (nSPS) is 11.1.